The number of hydrogen-bond donors (Lipinski definition) is 1. The molecule has 6 heteroatoms. The molecule has 0 aliphatic carbocycles. The normalized spacial score (nSPS) is 10.1. The summed E-state index contributed by atoms with van der Waals surface area (Å²) in [6.45, 7) is 2.01. The Bertz CT molecular complexity index is 658. The molecule has 2 rings (SSSR count). The van der Waals surface area contributed by atoms with Gasteiger partial charge >= 0.3 is 5.97 Å². The molecular formula is C13H11N3O2S. The van der Waals surface area contributed by atoms with E-state index in [0.717, 1.165) is 10.6 Å². The number of aromatic nitrogens is 2. The summed E-state index contributed by atoms with van der Waals surface area (Å²) in [5.41, 5.74) is 1.06. The largest absolute Gasteiger partial charge is 0.476 e. The number of rotatable bonds is 4. The molecule has 0 aliphatic rings. The van der Waals surface area contributed by atoms with Crippen molar-refractivity contribution in [1.29, 1.82) is 5.26 Å². The third kappa shape index (κ3) is 2.61. The molecule has 0 bridgehead atoms. The lowest BCUT2D eigenvalue weighted by Gasteiger charge is -2.08. The first-order valence-electron chi connectivity index (χ1n) is 5.62. The standard InChI is InChI=1S/C13H11N3O2S/c1-2-19-12-5-3-4-11(9(12)8-14)16-7-6-10(15-16)13(17)18/h3-7H,2H2,1H3,(H,17,18). The summed E-state index contributed by atoms with van der Waals surface area (Å²) >= 11 is 1.57. The second-order valence-corrected chi connectivity index (χ2v) is 4.95. The highest BCUT2D eigenvalue weighted by Gasteiger charge is 2.13. The van der Waals surface area contributed by atoms with Crippen LogP contribution in [0.2, 0.25) is 0 Å². The van der Waals surface area contributed by atoms with Crippen molar-refractivity contribution >= 4 is 17.7 Å². The Morgan fingerprint density at radius 3 is 2.89 bits per heavy atom. The van der Waals surface area contributed by atoms with Crippen LogP contribution < -0.4 is 0 Å². The number of thioether (sulfide) groups is 1. The Morgan fingerprint density at radius 2 is 2.32 bits per heavy atom. The minimum Gasteiger partial charge on any atom is -0.476 e. The smallest absolute Gasteiger partial charge is 0.356 e. The molecule has 0 saturated carbocycles. The predicted octanol–water partition coefficient (Wildman–Crippen LogP) is 2.55. The molecule has 1 N–H and O–H groups in total. The Hall–Kier alpha value is -2.26. The molecule has 0 amide bonds. The highest BCUT2D eigenvalue weighted by Crippen LogP contribution is 2.26. The number of hydrogen-bond acceptors (Lipinski definition) is 4. The van der Waals surface area contributed by atoms with Gasteiger partial charge in [0.2, 0.25) is 0 Å². The second-order valence-electron chi connectivity index (χ2n) is 3.65. The first kappa shape index (κ1) is 13.2. The van der Waals surface area contributed by atoms with Crippen molar-refractivity contribution in [3.8, 4) is 11.8 Å². The molecule has 2 aromatic rings. The third-order valence-electron chi connectivity index (χ3n) is 2.47. The zero-order valence-electron chi connectivity index (χ0n) is 10.2. The lowest BCUT2D eigenvalue weighted by molar-refractivity contribution is 0.0690. The van der Waals surface area contributed by atoms with Gasteiger partial charge in [-0.2, -0.15) is 10.4 Å². The van der Waals surface area contributed by atoms with Crippen LogP contribution in [0.3, 0.4) is 0 Å². The highest BCUT2D eigenvalue weighted by molar-refractivity contribution is 7.99. The lowest BCUT2D eigenvalue weighted by Crippen LogP contribution is -2.03. The minimum absolute atomic E-state index is 0.0440. The van der Waals surface area contributed by atoms with Crippen molar-refractivity contribution in [3.05, 3.63) is 41.7 Å². The number of nitrogens with zero attached hydrogens (tertiary/aromatic N) is 3. The van der Waals surface area contributed by atoms with E-state index in [1.54, 1.807) is 24.0 Å². The molecule has 1 aromatic heterocycles. The SMILES string of the molecule is CCSc1cccc(-n2ccc(C(=O)O)n2)c1C#N. The van der Waals surface area contributed by atoms with Crippen molar-refractivity contribution < 1.29 is 9.90 Å². The van der Waals surface area contributed by atoms with E-state index >= 15 is 0 Å². The van der Waals surface area contributed by atoms with Gasteiger partial charge in [-0.25, -0.2) is 9.48 Å². The van der Waals surface area contributed by atoms with E-state index in [9.17, 15) is 10.1 Å². The number of aromatic carboxylic acids is 1. The maximum Gasteiger partial charge on any atom is 0.356 e. The van der Waals surface area contributed by atoms with Gasteiger partial charge in [-0.15, -0.1) is 11.8 Å². The Labute approximate surface area is 114 Å². The number of carboxylic acid groups (broad SMARTS) is 1. The molecule has 0 unspecified atom stereocenters. The van der Waals surface area contributed by atoms with Crippen molar-refractivity contribution in [3.63, 3.8) is 0 Å². The first-order chi connectivity index (χ1) is 9.17. The second kappa shape index (κ2) is 5.59. The van der Waals surface area contributed by atoms with Crippen molar-refractivity contribution in [2.24, 2.45) is 0 Å². The van der Waals surface area contributed by atoms with E-state index in [0.29, 0.717) is 11.3 Å². The van der Waals surface area contributed by atoms with Crippen LogP contribution in [-0.2, 0) is 0 Å². The van der Waals surface area contributed by atoms with Crippen molar-refractivity contribution in [2.75, 3.05) is 5.75 Å². The number of carbonyl (C=O) groups is 1. The van der Waals surface area contributed by atoms with Crippen LogP contribution in [0.15, 0.2) is 35.4 Å². The average Bonchev–Trinajstić information content (AvgIpc) is 2.88. The summed E-state index contributed by atoms with van der Waals surface area (Å²) in [4.78, 5) is 11.7. The number of benzene rings is 1. The van der Waals surface area contributed by atoms with Gasteiger partial charge in [-0.3, -0.25) is 0 Å². The quantitative estimate of drug-likeness (QED) is 0.866. The number of carboxylic acids is 1. The summed E-state index contributed by atoms with van der Waals surface area (Å²) in [6.07, 6.45) is 1.54. The van der Waals surface area contributed by atoms with E-state index in [1.807, 2.05) is 19.1 Å². The zero-order valence-corrected chi connectivity index (χ0v) is 11.0. The van der Waals surface area contributed by atoms with E-state index in [4.69, 9.17) is 5.11 Å². The summed E-state index contributed by atoms with van der Waals surface area (Å²) in [7, 11) is 0. The van der Waals surface area contributed by atoms with Crippen LogP contribution in [0.5, 0.6) is 0 Å². The molecule has 1 heterocycles. The Kier molecular flexibility index (Phi) is 3.88. The molecule has 0 spiro atoms. The van der Waals surface area contributed by atoms with E-state index in [-0.39, 0.29) is 5.69 Å². The monoisotopic (exact) mass is 273 g/mol. The van der Waals surface area contributed by atoms with Gasteiger partial charge in [-0.1, -0.05) is 13.0 Å². The fourth-order valence-electron chi connectivity index (χ4n) is 1.67. The summed E-state index contributed by atoms with van der Waals surface area (Å²) in [5.74, 6) is -0.228. The van der Waals surface area contributed by atoms with Gasteiger partial charge in [0.05, 0.1) is 11.3 Å². The summed E-state index contributed by atoms with van der Waals surface area (Å²) < 4.78 is 1.42. The lowest BCUT2D eigenvalue weighted by atomic mass is 10.2. The zero-order chi connectivity index (χ0) is 13.8. The van der Waals surface area contributed by atoms with Crippen molar-refractivity contribution in [2.45, 2.75) is 11.8 Å². The Balaban J connectivity index is 2.52. The molecule has 0 fully saturated rings. The molecule has 1 aromatic carbocycles. The maximum atomic E-state index is 10.8. The summed E-state index contributed by atoms with van der Waals surface area (Å²) in [5, 5.41) is 22.1. The van der Waals surface area contributed by atoms with Gasteiger partial charge in [0.25, 0.3) is 0 Å². The van der Waals surface area contributed by atoms with Crippen LogP contribution in [-0.4, -0.2) is 26.6 Å². The molecule has 0 aliphatic heterocycles. The van der Waals surface area contributed by atoms with Crippen LogP contribution in [0.1, 0.15) is 23.0 Å². The van der Waals surface area contributed by atoms with Crippen LogP contribution in [0.25, 0.3) is 5.69 Å². The highest BCUT2D eigenvalue weighted by atomic mass is 32.2. The maximum absolute atomic E-state index is 10.8. The van der Waals surface area contributed by atoms with Crippen LogP contribution in [0.4, 0.5) is 0 Å². The van der Waals surface area contributed by atoms with Gasteiger partial charge < -0.3 is 5.11 Å². The molecule has 0 atom stereocenters. The fourth-order valence-corrected chi connectivity index (χ4v) is 2.45. The van der Waals surface area contributed by atoms with Crippen molar-refractivity contribution in [1.82, 2.24) is 9.78 Å². The van der Waals surface area contributed by atoms with Crippen LogP contribution >= 0.6 is 11.8 Å². The minimum atomic E-state index is -1.09. The van der Waals surface area contributed by atoms with E-state index in [1.165, 1.54) is 10.7 Å². The van der Waals surface area contributed by atoms with E-state index < -0.39 is 5.97 Å². The molecule has 0 saturated heterocycles. The molecule has 5 nitrogen and oxygen atoms in total. The Morgan fingerprint density at radius 1 is 1.53 bits per heavy atom. The first-order valence-corrected chi connectivity index (χ1v) is 6.61. The summed E-state index contributed by atoms with van der Waals surface area (Å²) in [6, 6.07) is 9.01. The average molecular weight is 273 g/mol. The van der Waals surface area contributed by atoms with Gasteiger partial charge in [0.15, 0.2) is 5.69 Å². The molecule has 0 radical (unpaired) electrons. The predicted molar refractivity (Wildman–Crippen MR) is 71.6 cm³/mol. The van der Waals surface area contributed by atoms with Crippen LogP contribution in [0, 0.1) is 11.3 Å². The number of nitriles is 1. The van der Waals surface area contributed by atoms with E-state index in [2.05, 4.69) is 11.2 Å². The fraction of sp³-hybridized carbons (Fsp3) is 0.154. The van der Waals surface area contributed by atoms with Gasteiger partial charge in [0, 0.05) is 11.1 Å². The van der Waals surface area contributed by atoms with Gasteiger partial charge in [0.1, 0.15) is 6.07 Å². The molecule has 19 heavy (non-hydrogen) atoms. The molecular weight excluding hydrogens is 262 g/mol. The third-order valence-corrected chi connectivity index (χ3v) is 3.41. The molecule has 96 valence electrons. The van der Waals surface area contributed by atoms with Gasteiger partial charge in [-0.05, 0) is 24.0 Å². The topological polar surface area (TPSA) is 78.9 Å².